The van der Waals surface area contributed by atoms with E-state index < -0.39 is 6.10 Å². The third-order valence-electron chi connectivity index (χ3n) is 3.68. The number of amides is 2. The van der Waals surface area contributed by atoms with E-state index in [4.69, 9.17) is 9.47 Å². The molecule has 0 fully saturated rings. The van der Waals surface area contributed by atoms with Gasteiger partial charge in [0.25, 0.3) is 0 Å². The zero-order valence-corrected chi connectivity index (χ0v) is 14.1. The number of aliphatic hydroxyl groups excluding tert-OH is 1. The predicted molar refractivity (Wildman–Crippen MR) is 90.2 cm³/mol. The van der Waals surface area contributed by atoms with Crippen LogP contribution < -0.4 is 20.1 Å². The van der Waals surface area contributed by atoms with Crippen molar-refractivity contribution >= 4 is 6.03 Å². The maximum Gasteiger partial charge on any atom is 0.315 e. The number of benzene rings is 1. The number of aliphatic hydroxyl groups is 1. The molecule has 1 aromatic carbocycles. The van der Waals surface area contributed by atoms with Crippen molar-refractivity contribution in [3.8, 4) is 11.5 Å². The normalized spacial score (nSPS) is 11.7. The van der Waals surface area contributed by atoms with E-state index in [0.29, 0.717) is 18.0 Å². The first-order chi connectivity index (χ1) is 11.5. The number of hydrogen-bond acceptors (Lipinski definition) is 4. The molecule has 1 aromatic heterocycles. The van der Waals surface area contributed by atoms with Crippen LogP contribution in [0.3, 0.4) is 0 Å². The molecule has 0 radical (unpaired) electrons. The van der Waals surface area contributed by atoms with Crippen molar-refractivity contribution in [3.63, 3.8) is 0 Å². The van der Waals surface area contributed by atoms with Crippen LogP contribution in [0.2, 0.25) is 0 Å². The second kappa shape index (κ2) is 8.26. The zero-order chi connectivity index (χ0) is 17.5. The zero-order valence-electron chi connectivity index (χ0n) is 14.1. The molecule has 0 bridgehead atoms. The number of methoxy groups -OCH3 is 2. The molecule has 0 aliphatic heterocycles. The van der Waals surface area contributed by atoms with E-state index in [2.05, 4.69) is 10.6 Å². The van der Waals surface area contributed by atoms with Gasteiger partial charge < -0.3 is 29.8 Å². The van der Waals surface area contributed by atoms with Crippen LogP contribution in [-0.2, 0) is 13.6 Å². The monoisotopic (exact) mass is 333 g/mol. The summed E-state index contributed by atoms with van der Waals surface area (Å²) in [6.07, 6.45) is 1.09. The van der Waals surface area contributed by atoms with Crippen molar-refractivity contribution in [3.05, 3.63) is 47.8 Å². The quantitative estimate of drug-likeness (QED) is 0.718. The Balaban J connectivity index is 1.82. The average Bonchev–Trinajstić information content (AvgIpc) is 3.03. The molecule has 0 saturated carbocycles. The minimum atomic E-state index is -0.753. The number of rotatable bonds is 7. The Kier molecular flexibility index (Phi) is 6.08. The van der Waals surface area contributed by atoms with Crippen molar-refractivity contribution in [1.29, 1.82) is 0 Å². The molecule has 0 aliphatic rings. The molecule has 0 saturated heterocycles. The molecule has 3 N–H and O–H groups in total. The Morgan fingerprint density at radius 1 is 1.21 bits per heavy atom. The third-order valence-corrected chi connectivity index (χ3v) is 3.68. The Hall–Kier alpha value is -2.67. The predicted octanol–water partition coefficient (Wildman–Crippen LogP) is 1.58. The van der Waals surface area contributed by atoms with Crippen LogP contribution in [0, 0.1) is 0 Å². The van der Waals surface area contributed by atoms with Gasteiger partial charge in [0.15, 0.2) is 11.5 Å². The Morgan fingerprint density at radius 2 is 1.96 bits per heavy atom. The molecule has 7 heteroatoms. The highest BCUT2D eigenvalue weighted by molar-refractivity contribution is 5.73. The summed E-state index contributed by atoms with van der Waals surface area (Å²) in [7, 11) is 4.98. The summed E-state index contributed by atoms with van der Waals surface area (Å²) >= 11 is 0. The van der Waals surface area contributed by atoms with Crippen molar-refractivity contribution in [2.24, 2.45) is 7.05 Å². The summed E-state index contributed by atoms with van der Waals surface area (Å²) in [6, 6.07) is 8.74. The van der Waals surface area contributed by atoms with Crippen molar-refractivity contribution in [1.82, 2.24) is 15.2 Å². The Morgan fingerprint density at radius 3 is 2.58 bits per heavy atom. The summed E-state index contributed by atoms with van der Waals surface area (Å²) in [4.78, 5) is 11.9. The van der Waals surface area contributed by atoms with Crippen LogP contribution in [0.4, 0.5) is 4.79 Å². The van der Waals surface area contributed by atoms with Gasteiger partial charge in [0, 0.05) is 25.5 Å². The average molecular weight is 333 g/mol. The van der Waals surface area contributed by atoms with Crippen LogP contribution in [0.1, 0.15) is 17.4 Å². The molecule has 7 nitrogen and oxygen atoms in total. The number of aromatic nitrogens is 1. The highest BCUT2D eigenvalue weighted by Gasteiger charge is 2.12. The molecule has 1 atom stereocenters. The number of urea groups is 1. The second-order valence-electron chi connectivity index (χ2n) is 5.31. The molecule has 0 aliphatic carbocycles. The van der Waals surface area contributed by atoms with Crippen molar-refractivity contribution < 1.29 is 19.4 Å². The molecule has 0 spiro atoms. The molecular weight excluding hydrogens is 310 g/mol. The van der Waals surface area contributed by atoms with Crippen LogP contribution in [0.25, 0.3) is 0 Å². The summed E-state index contributed by atoms with van der Waals surface area (Å²) in [5.74, 6) is 1.24. The van der Waals surface area contributed by atoms with E-state index in [1.807, 2.05) is 36.0 Å². The van der Waals surface area contributed by atoms with E-state index in [-0.39, 0.29) is 12.6 Å². The lowest BCUT2D eigenvalue weighted by Crippen LogP contribution is -2.37. The molecule has 2 aromatic rings. The van der Waals surface area contributed by atoms with E-state index in [9.17, 15) is 9.90 Å². The van der Waals surface area contributed by atoms with Crippen LogP contribution in [0.15, 0.2) is 36.5 Å². The molecule has 2 amide bonds. The summed E-state index contributed by atoms with van der Waals surface area (Å²) in [5, 5.41) is 15.4. The topological polar surface area (TPSA) is 84.8 Å². The van der Waals surface area contributed by atoms with E-state index in [1.165, 1.54) is 0 Å². The summed E-state index contributed by atoms with van der Waals surface area (Å²) in [6.45, 7) is 0.474. The molecule has 1 unspecified atom stereocenters. The fourth-order valence-corrected chi connectivity index (χ4v) is 2.35. The number of nitrogens with one attached hydrogen (secondary N) is 2. The van der Waals surface area contributed by atoms with Gasteiger partial charge in [-0.15, -0.1) is 0 Å². The standard InChI is InChI=1S/C17H23N3O4/c1-20-8-4-5-13(20)14(21)11-19-17(22)18-10-12-6-7-15(23-2)16(9-12)24-3/h4-9,14,21H,10-11H2,1-3H3,(H2,18,19,22). The third kappa shape index (κ3) is 4.42. The molecule has 24 heavy (non-hydrogen) atoms. The summed E-state index contributed by atoms with van der Waals surface area (Å²) < 4.78 is 12.2. The highest BCUT2D eigenvalue weighted by atomic mass is 16.5. The minimum absolute atomic E-state index is 0.135. The SMILES string of the molecule is COc1ccc(CNC(=O)NCC(O)c2cccn2C)cc1OC. The second-order valence-corrected chi connectivity index (χ2v) is 5.31. The van der Waals surface area contributed by atoms with Crippen LogP contribution >= 0.6 is 0 Å². The van der Waals surface area contributed by atoms with E-state index in [1.54, 1.807) is 26.4 Å². The number of aryl methyl sites for hydroxylation is 1. The lowest BCUT2D eigenvalue weighted by Gasteiger charge is -2.14. The first-order valence-electron chi connectivity index (χ1n) is 7.57. The van der Waals surface area contributed by atoms with Gasteiger partial charge in [0.1, 0.15) is 6.10 Å². The van der Waals surface area contributed by atoms with E-state index >= 15 is 0 Å². The Bertz CT molecular complexity index is 684. The first-order valence-corrected chi connectivity index (χ1v) is 7.57. The molecule has 1 heterocycles. The van der Waals surface area contributed by atoms with Gasteiger partial charge in [0.2, 0.25) is 0 Å². The maximum absolute atomic E-state index is 11.9. The van der Waals surface area contributed by atoms with Crippen molar-refractivity contribution in [2.75, 3.05) is 20.8 Å². The van der Waals surface area contributed by atoms with E-state index in [0.717, 1.165) is 11.3 Å². The first kappa shape index (κ1) is 17.7. The Labute approximate surface area is 141 Å². The van der Waals surface area contributed by atoms with Crippen LogP contribution in [0.5, 0.6) is 11.5 Å². The summed E-state index contributed by atoms with van der Waals surface area (Å²) in [5.41, 5.74) is 1.63. The number of ether oxygens (including phenoxy) is 2. The van der Waals surface area contributed by atoms with Gasteiger partial charge >= 0.3 is 6.03 Å². The maximum atomic E-state index is 11.9. The van der Waals surface area contributed by atoms with Gasteiger partial charge in [-0.05, 0) is 29.8 Å². The fraction of sp³-hybridized carbons (Fsp3) is 0.353. The number of carbonyl (C=O) groups excluding carboxylic acids is 1. The highest BCUT2D eigenvalue weighted by Crippen LogP contribution is 2.27. The van der Waals surface area contributed by atoms with Gasteiger partial charge in [0.05, 0.1) is 20.8 Å². The van der Waals surface area contributed by atoms with Gasteiger partial charge in [-0.2, -0.15) is 0 Å². The minimum Gasteiger partial charge on any atom is -0.493 e. The number of carbonyl (C=O) groups is 1. The lowest BCUT2D eigenvalue weighted by molar-refractivity contribution is 0.166. The number of nitrogens with zero attached hydrogens (tertiary/aromatic N) is 1. The van der Waals surface area contributed by atoms with Gasteiger partial charge in [-0.3, -0.25) is 0 Å². The fourth-order valence-electron chi connectivity index (χ4n) is 2.35. The van der Waals surface area contributed by atoms with Gasteiger partial charge in [-0.1, -0.05) is 6.07 Å². The number of hydrogen-bond donors (Lipinski definition) is 3. The largest absolute Gasteiger partial charge is 0.493 e. The van der Waals surface area contributed by atoms with Gasteiger partial charge in [-0.25, -0.2) is 4.79 Å². The van der Waals surface area contributed by atoms with Crippen LogP contribution in [-0.4, -0.2) is 36.5 Å². The molecule has 130 valence electrons. The molecular formula is C17H23N3O4. The smallest absolute Gasteiger partial charge is 0.315 e. The lowest BCUT2D eigenvalue weighted by atomic mass is 10.2. The molecule has 2 rings (SSSR count). The van der Waals surface area contributed by atoms with Crippen molar-refractivity contribution in [2.45, 2.75) is 12.6 Å².